The number of rotatable bonds is 3. The van der Waals surface area contributed by atoms with Crippen LogP contribution in [-0.4, -0.2) is 73.3 Å². The summed E-state index contributed by atoms with van der Waals surface area (Å²) in [6, 6.07) is 6.73. The number of amides is 2. The number of anilines is 4. The molecule has 0 unspecified atom stereocenters. The number of fused-ring (bicyclic) bond motifs is 4. The summed E-state index contributed by atoms with van der Waals surface area (Å²) in [5.74, 6) is 1.73. The van der Waals surface area contributed by atoms with Gasteiger partial charge in [0.15, 0.2) is 5.82 Å². The first-order chi connectivity index (χ1) is 14.5. The molecular formula is C22H29N7O. The summed E-state index contributed by atoms with van der Waals surface area (Å²) in [5.41, 5.74) is 2.78. The first-order valence-electron chi connectivity index (χ1n) is 10.7. The van der Waals surface area contributed by atoms with E-state index in [4.69, 9.17) is 4.98 Å². The predicted octanol–water partition coefficient (Wildman–Crippen LogP) is 2.56. The second-order valence-corrected chi connectivity index (χ2v) is 8.80. The van der Waals surface area contributed by atoms with Crippen molar-refractivity contribution in [2.45, 2.75) is 31.8 Å². The summed E-state index contributed by atoms with van der Waals surface area (Å²) < 4.78 is 0. The molecular weight excluding hydrogens is 378 g/mol. The quantitative estimate of drug-likeness (QED) is 0.844. The van der Waals surface area contributed by atoms with Crippen LogP contribution in [0.2, 0.25) is 0 Å². The molecule has 2 aromatic rings. The zero-order valence-electron chi connectivity index (χ0n) is 17.9. The van der Waals surface area contributed by atoms with Crippen LogP contribution in [0.4, 0.5) is 27.8 Å². The number of carbonyl (C=O) groups is 1. The number of pyridine rings is 2. The lowest BCUT2D eigenvalue weighted by Crippen LogP contribution is -2.48. The van der Waals surface area contributed by atoms with Crippen LogP contribution >= 0.6 is 0 Å². The van der Waals surface area contributed by atoms with E-state index < -0.39 is 0 Å². The van der Waals surface area contributed by atoms with Crippen LogP contribution in [0.1, 0.15) is 18.4 Å². The molecule has 2 saturated heterocycles. The van der Waals surface area contributed by atoms with E-state index in [0.29, 0.717) is 11.7 Å². The van der Waals surface area contributed by atoms with Crippen molar-refractivity contribution in [1.82, 2.24) is 14.9 Å². The average molecular weight is 408 g/mol. The molecule has 0 aliphatic carbocycles. The molecule has 5 heterocycles. The van der Waals surface area contributed by atoms with Crippen LogP contribution in [0.3, 0.4) is 0 Å². The fraction of sp³-hybridized carbons (Fsp3) is 0.500. The Hall–Kier alpha value is -2.87. The molecule has 0 spiro atoms. The van der Waals surface area contributed by atoms with Crippen LogP contribution in [0.5, 0.6) is 0 Å². The van der Waals surface area contributed by atoms with Crippen LogP contribution in [0.15, 0.2) is 30.6 Å². The lowest BCUT2D eigenvalue weighted by Gasteiger charge is -2.36. The number of urea groups is 1. The van der Waals surface area contributed by atoms with Crippen LogP contribution in [0, 0.1) is 6.92 Å². The Balaban J connectivity index is 1.44. The zero-order valence-corrected chi connectivity index (χ0v) is 17.9. The molecule has 5 rings (SSSR count). The van der Waals surface area contributed by atoms with Crippen molar-refractivity contribution in [1.29, 1.82) is 0 Å². The maximum atomic E-state index is 13.3. The first kappa shape index (κ1) is 19.1. The average Bonchev–Trinajstić information content (AvgIpc) is 3.36. The second-order valence-electron chi connectivity index (χ2n) is 8.80. The van der Waals surface area contributed by atoms with Gasteiger partial charge in [-0.15, -0.1) is 0 Å². The minimum absolute atomic E-state index is 0.132. The molecule has 2 bridgehead atoms. The maximum absolute atomic E-state index is 13.3. The highest BCUT2D eigenvalue weighted by Gasteiger charge is 2.40. The summed E-state index contributed by atoms with van der Waals surface area (Å²) in [6.07, 6.45) is 5.56. The third-order valence-electron chi connectivity index (χ3n) is 6.50. The van der Waals surface area contributed by atoms with Gasteiger partial charge in [0, 0.05) is 38.4 Å². The molecule has 0 saturated carbocycles. The molecule has 2 atom stereocenters. The van der Waals surface area contributed by atoms with E-state index in [2.05, 4.69) is 51.2 Å². The molecule has 2 amide bonds. The van der Waals surface area contributed by atoms with Gasteiger partial charge in [-0.2, -0.15) is 0 Å². The minimum Gasteiger partial charge on any atom is -0.366 e. The normalized spacial score (nSPS) is 22.6. The third kappa shape index (κ3) is 3.35. The molecule has 1 N–H and O–H groups in total. The SMILES string of the molecule is Cc1cncc(NC(=O)N2c3nc(N4CC[C@H](N(C)C)C4)ccc3N3CC[C@H]2C3)c1. The number of nitrogens with one attached hydrogen (secondary N) is 1. The van der Waals surface area contributed by atoms with E-state index in [9.17, 15) is 4.79 Å². The van der Waals surface area contributed by atoms with Gasteiger partial charge in [0.1, 0.15) is 5.82 Å². The second kappa shape index (κ2) is 7.43. The number of likely N-dealkylation sites (N-methyl/N-ethyl adjacent to an activating group) is 1. The minimum atomic E-state index is -0.132. The van der Waals surface area contributed by atoms with Gasteiger partial charge >= 0.3 is 6.03 Å². The largest absolute Gasteiger partial charge is 0.366 e. The summed E-state index contributed by atoms with van der Waals surface area (Å²) in [4.78, 5) is 31.3. The highest BCUT2D eigenvalue weighted by atomic mass is 16.2. The zero-order chi connectivity index (χ0) is 20.8. The van der Waals surface area contributed by atoms with E-state index in [0.717, 1.165) is 61.9 Å². The number of carbonyl (C=O) groups excluding carboxylic acids is 1. The standard InChI is InChI=1S/C22H29N7O/c1-15-10-16(12-23-11-15)24-22(30)29-18-7-8-27(14-18)19-4-5-20(25-21(19)29)28-9-6-17(13-28)26(2)3/h4-5,10-12,17-18H,6-9,13-14H2,1-3H3,(H,24,30)/t17-,18-/m0/s1. The van der Waals surface area contributed by atoms with E-state index in [1.165, 1.54) is 0 Å². The lowest BCUT2D eigenvalue weighted by molar-refractivity contribution is 0.255. The lowest BCUT2D eigenvalue weighted by atomic mass is 10.2. The summed E-state index contributed by atoms with van der Waals surface area (Å²) in [6.45, 7) is 5.75. The number of hydrogen-bond donors (Lipinski definition) is 1. The Morgan fingerprint density at radius 1 is 1.13 bits per heavy atom. The summed E-state index contributed by atoms with van der Waals surface area (Å²) in [5, 5.41) is 3.03. The van der Waals surface area contributed by atoms with Gasteiger partial charge in [-0.25, -0.2) is 9.78 Å². The fourth-order valence-corrected chi connectivity index (χ4v) is 4.82. The van der Waals surface area contributed by atoms with Crippen molar-refractivity contribution in [2.75, 3.05) is 60.3 Å². The van der Waals surface area contributed by atoms with Crippen LogP contribution in [-0.2, 0) is 0 Å². The van der Waals surface area contributed by atoms with Crippen molar-refractivity contribution in [2.24, 2.45) is 0 Å². The maximum Gasteiger partial charge on any atom is 0.327 e. The van der Waals surface area contributed by atoms with E-state index >= 15 is 0 Å². The Kier molecular flexibility index (Phi) is 4.73. The highest BCUT2D eigenvalue weighted by molar-refractivity contribution is 6.04. The number of hydrogen-bond acceptors (Lipinski definition) is 6. The van der Waals surface area contributed by atoms with Crippen molar-refractivity contribution >= 4 is 29.0 Å². The van der Waals surface area contributed by atoms with Crippen molar-refractivity contribution < 1.29 is 4.79 Å². The Morgan fingerprint density at radius 2 is 1.97 bits per heavy atom. The molecule has 8 heteroatoms. The molecule has 2 aromatic heterocycles. The number of aryl methyl sites for hydroxylation is 1. The van der Waals surface area contributed by atoms with E-state index in [-0.39, 0.29) is 12.1 Å². The molecule has 0 aromatic carbocycles. The Labute approximate surface area is 177 Å². The molecule has 3 aliphatic rings. The van der Waals surface area contributed by atoms with Crippen molar-refractivity contribution in [3.8, 4) is 0 Å². The van der Waals surface area contributed by atoms with Gasteiger partial charge in [-0.3, -0.25) is 9.88 Å². The highest BCUT2D eigenvalue weighted by Crippen LogP contribution is 2.40. The van der Waals surface area contributed by atoms with Crippen molar-refractivity contribution in [3.63, 3.8) is 0 Å². The Bertz CT molecular complexity index is 962. The predicted molar refractivity (Wildman–Crippen MR) is 120 cm³/mol. The van der Waals surface area contributed by atoms with Crippen LogP contribution < -0.4 is 20.0 Å². The van der Waals surface area contributed by atoms with Gasteiger partial charge in [0.25, 0.3) is 0 Å². The molecule has 3 aliphatic heterocycles. The van der Waals surface area contributed by atoms with Gasteiger partial charge in [0.2, 0.25) is 0 Å². The van der Waals surface area contributed by atoms with Crippen LogP contribution in [0.25, 0.3) is 0 Å². The van der Waals surface area contributed by atoms with Gasteiger partial charge in [-0.1, -0.05) is 0 Å². The molecule has 2 fully saturated rings. The van der Waals surface area contributed by atoms with Crippen molar-refractivity contribution in [3.05, 3.63) is 36.2 Å². The molecule has 0 radical (unpaired) electrons. The topological polar surface area (TPSA) is 67.8 Å². The molecule has 158 valence electrons. The monoisotopic (exact) mass is 407 g/mol. The molecule has 30 heavy (non-hydrogen) atoms. The van der Waals surface area contributed by atoms with Gasteiger partial charge < -0.3 is 20.0 Å². The first-order valence-corrected chi connectivity index (χ1v) is 10.7. The number of nitrogens with zero attached hydrogens (tertiary/aromatic N) is 6. The van der Waals surface area contributed by atoms with Gasteiger partial charge in [-0.05, 0) is 57.6 Å². The summed E-state index contributed by atoms with van der Waals surface area (Å²) in [7, 11) is 4.26. The van der Waals surface area contributed by atoms with Gasteiger partial charge in [0.05, 0.1) is 23.6 Å². The molecule has 8 nitrogen and oxygen atoms in total. The van der Waals surface area contributed by atoms with E-state index in [1.54, 1.807) is 12.4 Å². The fourth-order valence-electron chi connectivity index (χ4n) is 4.82. The third-order valence-corrected chi connectivity index (χ3v) is 6.50. The van der Waals surface area contributed by atoms with E-state index in [1.807, 2.05) is 17.9 Å². The number of aromatic nitrogens is 2. The Morgan fingerprint density at radius 3 is 2.73 bits per heavy atom. The summed E-state index contributed by atoms with van der Waals surface area (Å²) >= 11 is 0. The smallest absolute Gasteiger partial charge is 0.327 e.